The summed E-state index contributed by atoms with van der Waals surface area (Å²) in [6.45, 7) is 2.61. The average molecular weight is 123 g/mol. The van der Waals surface area contributed by atoms with Gasteiger partial charge in [-0.1, -0.05) is 5.92 Å². The van der Waals surface area contributed by atoms with Crippen LogP contribution in [0.25, 0.3) is 0 Å². The summed E-state index contributed by atoms with van der Waals surface area (Å²) in [7, 11) is 0. The molecule has 0 amide bonds. The van der Waals surface area contributed by atoms with Crippen LogP contribution in [-0.4, -0.2) is 6.54 Å². The van der Waals surface area contributed by atoms with E-state index < -0.39 is 0 Å². The third-order valence-corrected chi connectivity index (χ3v) is 0.975. The fraction of sp³-hybridized carbons (Fsp3) is 0.333. The second kappa shape index (κ2) is 3.00. The van der Waals surface area contributed by atoms with Crippen LogP contribution in [-0.2, 0) is 0 Å². The lowest BCUT2D eigenvalue weighted by Crippen LogP contribution is -2.21. The van der Waals surface area contributed by atoms with Crippen molar-refractivity contribution in [1.82, 2.24) is 16.2 Å². The molecular formula is C6H9N3. The molecule has 0 aromatic carbocycles. The van der Waals surface area contributed by atoms with Crippen molar-refractivity contribution in [2.75, 3.05) is 6.54 Å². The number of nitrogens with one attached hydrogen (secondary N) is 3. The summed E-state index contributed by atoms with van der Waals surface area (Å²) in [6, 6.07) is 2.74. The largest absolute Gasteiger partial charge is 0.327 e. The zero-order valence-corrected chi connectivity index (χ0v) is 5.28. The highest BCUT2D eigenvalue weighted by molar-refractivity contribution is 5.11. The molecule has 1 aliphatic rings. The molecule has 1 rings (SSSR count). The molecule has 3 nitrogen and oxygen atoms in total. The van der Waals surface area contributed by atoms with Crippen molar-refractivity contribution < 1.29 is 0 Å². The molecule has 0 radical (unpaired) electrons. The van der Waals surface area contributed by atoms with Gasteiger partial charge in [0, 0.05) is 12.2 Å². The van der Waals surface area contributed by atoms with Crippen molar-refractivity contribution in [3.63, 3.8) is 0 Å². The maximum absolute atomic E-state index is 2.91. The van der Waals surface area contributed by atoms with Crippen LogP contribution in [0.4, 0.5) is 0 Å². The van der Waals surface area contributed by atoms with Crippen molar-refractivity contribution in [2.24, 2.45) is 0 Å². The minimum absolute atomic E-state index is 0.814. The van der Waals surface area contributed by atoms with Crippen molar-refractivity contribution in [1.29, 1.82) is 0 Å². The van der Waals surface area contributed by atoms with Gasteiger partial charge in [0.25, 0.3) is 0 Å². The van der Waals surface area contributed by atoms with Crippen LogP contribution in [0.15, 0.2) is 11.9 Å². The molecule has 9 heavy (non-hydrogen) atoms. The minimum atomic E-state index is 0.814. The SMILES string of the molecule is CC#CNC1=CNNC1. The van der Waals surface area contributed by atoms with Crippen LogP contribution < -0.4 is 16.2 Å². The number of hydrazine groups is 1. The molecule has 48 valence electrons. The van der Waals surface area contributed by atoms with E-state index in [-0.39, 0.29) is 0 Å². The van der Waals surface area contributed by atoms with E-state index in [4.69, 9.17) is 0 Å². The Hall–Kier alpha value is -1.14. The van der Waals surface area contributed by atoms with E-state index in [9.17, 15) is 0 Å². The number of rotatable bonds is 1. The molecule has 0 spiro atoms. The van der Waals surface area contributed by atoms with Gasteiger partial charge in [0.1, 0.15) is 0 Å². The van der Waals surface area contributed by atoms with E-state index in [0.29, 0.717) is 0 Å². The molecule has 1 aliphatic heterocycles. The first-order chi connectivity index (χ1) is 4.43. The molecule has 0 aromatic rings. The molecule has 0 saturated heterocycles. The molecule has 0 unspecified atom stereocenters. The summed E-state index contributed by atoms with van der Waals surface area (Å²) in [5.41, 5.74) is 6.82. The molecule has 0 aliphatic carbocycles. The van der Waals surface area contributed by atoms with Gasteiger partial charge in [0.15, 0.2) is 0 Å². The lowest BCUT2D eigenvalue weighted by Gasteiger charge is -1.92. The van der Waals surface area contributed by atoms with Gasteiger partial charge in [0.2, 0.25) is 0 Å². The van der Waals surface area contributed by atoms with Gasteiger partial charge in [-0.05, 0) is 6.92 Å². The number of hydrogen-bond acceptors (Lipinski definition) is 3. The highest BCUT2D eigenvalue weighted by atomic mass is 15.4. The Morgan fingerprint density at radius 3 is 3.22 bits per heavy atom. The monoisotopic (exact) mass is 123 g/mol. The van der Waals surface area contributed by atoms with Crippen LogP contribution >= 0.6 is 0 Å². The van der Waals surface area contributed by atoms with Crippen LogP contribution in [0.1, 0.15) is 6.92 Å². The fourth-order valence-electron chi connectivity index (χ4n) is 0.558. The maximum atomic E-state index is 2.91. The van der Waals surface area contributed by atoms with E-state index in [0.717, 1.165) is 12.2 Å². The summed E-state index contributed by atoms with van der Waals surface area (Å²) in [4.78, 5) is 0. The van der Waals surface area contributed by atoms with Gasteiger partial charge in [-0.3, -0.25) is 0 Å². The van der Waals surface area contributed by atoms with Crippen molar-refractivity contribution in [2.45, 2.75) is 6.92 Å². The van der Waals surface area contributed by atoms with Gasteiger partial charge in [-0.2, -0.15) is 0 Å². The van der Waals surface area contributed by atoms with E-state index in [1.54, 1.807) is 6.92 Å². The quantitative estimate of drug-likeness (QED) is 0.325. The summed E-state index contributed by atoms with van der Waals surface area (Å²) in [6.07, 6.45) is 1.85. The second-order valence-corrected chi connectivity index (χ2v) is 1.67. The Labute approximate surface area is 54.5 Å². The third kappa shape index (κ3) is 1.67. The van der Waals surface area contributed by atoms with Crippen LogP contribution in [0.2, 0.25) is 0 Å². The summed E-state index contributed by atoms with van der Waals surface area (Å²) < 4.78 is 0. The predicted molar refractivity (Wildman–Crippen MR) is 35.8 cm³/mol. The second-order valence-electron chi connectivity index (χ2n) is 1.67. The first-order valence-corrected chi connectivity index (χ1v) is 2.78. The third-order valence-electron chi connectivity index (χ3n) is 0.975. The van der Waals surface area contributed by atoms with Gasteiger partial charge in [-0.15, -0.1) is 0 Å². The Balaban J connectivity index is 2.32. The van der Waals surface area contributed by atoms with E-state index >= 15 is 0 Å². The van der Waals surface area contributed by atoms with Crippen molar-refractivity contribution in [3.05, 3.63) is 11.9 Å². The van der Waals surface area contributed by atoms with Gasteiger partial charge < -0.3 is 10.7 Å². The average Bonchev–Trinajstić information content (AvgIpc) is 2.34. The predicted octanol–water partition coefficient (Wildman–Crippen LogP) is -0.494. The topological polar surface area (TPSA) is 36.1 Å². The summed E-state index contributed by atoms with van der Waals surface area (Å²) in [5.74, 6) is 2.74. The Morgan fingerprint density at radius 2 is 2.67 bits per heavy atom. The molecule has 3 heteroatoms. The summed E-state index contributed by atoms with van der Waals surface area (Å²) >= 11 is 0. The molecule has 3 N–H and O–H groups in total. The van der Waals surface area contributed by atoms with E-state index in [1.807, 2.05) is 6.20 Å². The molecule has 0 bridgehead atoms. The highest BCUT2D eigenvalue weighted by Gasteiger charge is 1.97. The fourth-order valence-corrected chi connectivity index (χ4v) is 0.558. The van der Waals surface area contributed by atoms with Crippen LogP contribution in [0.5, 0.6) is 0 Å². The molecule has 0 aromatic heterocycles. The lowest BCUT2D eigenvalue weighted by molar-refractivity contribution is 0.716. The van der Waals surface area contributed by atoms with E-state index in [1.165, 1.54) is 0 Å². The first-order valence-electron chi connectivity index (χ1n) is 2.78. The number of hydrogen-bond donors (Lipinski definition) is 3. The molecular weight excluding hydrogens is 114 g/mol. The zero-order valence-electron chi connectivity index (χ0n) is 5.28. The Kier molecular flexibility index (Phi) is 2.00. The smallest absolute Gasteiger partial charge is 0.0571 e. The minimum Gasteiger partial charge on any atom is -0.327 e. The van der Waals surface area contributed by atoms with Gasteiger partial charge in [-0.25, -0.2) is 5.43 Å². The standard InChI is InChI=1S/C6H9N3/c1-2-3-7-6-4-8-9-5-6/h4,7-9H,5H2,1H3. The van der Waals surface area contributed by atoms with Crippen LogP contribution in [0.3, 0.4) is 0 Å². The van der Waals surface area contributed by atoms with Crippen molar-refractivity contribution >= 4 is 0 Å². The van der Waals surface area contributed by atoms with E-state index in [2.05, 4.69) is 28.1 Å². The van der Waals surface area contributed by atoms with Gasteiger partial charge >= 0.3 is 0 Å². The normalized spacial score (nSPS) is 15.0. The highest BCUT2D eigenvalue weighted by Crippen LogP contribution is 1.86. The lowest BCUT2D eigenvalue weighted by atomic mass is 10.5. The van der Waals surface area contributed by atoms with Crippen molar-refractivity contribution in [3.8, 4) is 12.0 Å². The molecule has 0 fully saturated rings. The molecule has 0 saturated carbocycles. The molecule has 0 atom stereocenters. The zero-order chi connectivity index (χ0) is 6.53. The summed E-state index contributed by atoms with van der Waals surface area (Å²) in [5, 5.41) is 2.91. The first kappa shape index (κ1) is 5.99. The Morgan fingerprint density at radius 1 is 1.78 bits per heavy atom. The van der Waals surface area contributed by atoms with Gasteiger partial charge in [0.05, 0.1) is 12.2 Å². The molecule has 1 heterocycles. The Bertz CT molecular complexity index is 172. The maximum Gasteiger partial charge on any atom is 0.0571 e. The van der Waals surface area contributed by atoms with Crippen LogP contribution in [0, 0.1) is 12.0 Å².